The van der Waals surface area contributed by atoms with E-state index in [4.69, 9.17) is 44.8 Å². The lowest BCUT2D eigenvalue weighted by Crippen LogP contribution is -2.46. The van der Waals surface area contributed by atoms with Crippen molar-refractivity contribution in [2.24, 2.45) is 16.9 Å². The molecule has 1 aliphatic heterocycles. The standard InChI is InChI=1S/C29H31Cl2N7O2/c1-17(26(32)39)36(3)22-16-23(37-14-12-29(2,13-15-37)28(33)40)38-27(34-22)24(18-8-10-19(30)11-9-18)25(35-38)20-6-4-5-7-21(20)31/h4-11,16-17H,12-15H2,1-3H3,(H2,32,39)(H2,33,40). The first-order valence-corrected chi connectivity index (χ1v) is 13.8. The Bertz CT molecular complexity index is 1590. The number of aromatic nitrogens is 3. The second kappa shape index (κ2) is 10.6. The first kappa shape index (κ1) is 27.7. The van der Waals surface area contributed by atoms with E-state index in [-0.39, 0.29) is 5.91 Å². The van der Waals surface area contributed by atoms with Gasteiger partial charge in [0.2, 0.25) is 11.8 Å². The maximum Gasteiger partial charge on any atom is 0.239 e. The Kier molecular flexibility index (Phi) is 7.37. The van der Waals surface area contributed by atoms with Gasteiger partial charge in [-0.15, -0.1) is 0 Å². The second-order valence-electron chi connectivity index (χ2n) is 10.5. The third kappa shape index (κ3) is 4.95. The Morgan fingerprint density at radius 2 is 1.70 bits per heavy atom. The maximum atomic E-state index is 12.1. The number of anilines is 2. The number of nitrogens with zero attached hydrogens (tertiary/aromatic N) is 5. The molecule has 208 valence electrons. The zero-order chi connectivity index (χ0) is 28.8. The molecule has 1 aliphatic rings. The van der Waals surface area contributed by atoms with Crippen LogP contribution in [0.2, 0.25) is 10.0 Å². The highest BCUT2D eigenvalue weighted by molar-refractivity contribution is 6.33. The number of likely N-dealkylation sites (N-methyl/N-ethyl adjacent to an activating group) is 1. The Balaban J connectivity index is 1.78. The van der Waals surface area contributed by atoms with Gasteiger partial charge in [-0.05, 0) is 43.5 Å². The molecular weight excluding hydrogens is 549 g/mol. The van der Waals surface area contributed by atoms with E-state index in [0.717, 1.165) is 22.5 Å². The third-order valence-corrected chi connectivity index (χ3v) is 8.54. The van der Waals surface area contributed by atoms with Gasteiger partial charge in [0.15, 0.2) is 5.65 Å². The van der Waals surface area contributed by atoms with Gasteiger partial charge in [-0.25, -0.2) is 4.98 Å². The summed E-state index contributed by atoms with van der Waals surface area (Å²) in [5.74, 6) is 0.554. The molecule has 2 aromatic heterocycles. The highest BCUT2D eigenvalue weighted by atomic mass is 35.5. The Labute approximate surface area is 242 Å². The minimum Gasteiger partial charge on any atom is -0.369 e. The molecule has 0 spiro atoms. The van der Waals surface area contributed by atoms with Crippen LogP contribution in [-0.2, 0) is 9.59 Å². The minimum absolute atomic E-state index is 0.298. The molecule has 1 atom stereocenters. The monoisotopic (exact) mass is 579 g/mol. The zero-order valence-corrected chi connectivity index (χ0v) is 24.1. The predicted molar refractivity (Wildman–Crippen MR) is 160 cm³/mol. The van der Waals surface area contributed by atoms with Gasteiger partial charge in [0, 0.05) is 42.2 Å². The molecular formula is C29H31Cl2N7O2. The average molecular weight is 581 g/mol. The van der Waals surface area contributed by atoms with E-state index >= 15 is 0 Å². The van der Waals surface area contributed by atoms with E-state index in [9.17, 15) is 9.59 Å². The molecule has 0 bridgehead atoms. The number of nitrogens with two attached hydrogens (primary N) is 2. The molecule has 3 heterocycles. The molecule has 5 rings (SSSR count). The number of fused-ring (bicyclic) bond motifs is 1. The normalized spacial score (nSPS) is 15.7. The molecule has 9 nitrogen and oxygen atoms in total. The Morgan fingerprint density at radius 3 is 2.30 bits per heavy atom. The van der Waals surface area contributed by atoms with Crippen LogP contribution < -0.4 is 21.3 Å². The summed E-state index contributed by atoms with van der Waals surface area (Å²) in [5, 5.41) is 6.22. The van der Waals surface area contributed by atoms with Crippen LogP contribution in [0.25, 0.3) is 28.0 Å². The third-order valence-electron chi connectivity index (χ3n) is 7.96. The molecule has 0 aliphatic carbocycles. The summed E-state index contributed by atoms with van der Waals surface area (Å²) in [6.07, 6.45) is 1.19. The number of halogens is 2. The summed E-state index contributed by atoms with van der Waals surface area (Å²) in [7, 11) is 1.78. The van der Waals surface area contributed by atoms with Crippen LogP contribution in [0.15, 0.2) is 54.6 Å². The molecule has 0 saturated carbocycles. The number of hydrogen-bond donors (Lipinski definition) is 2. The molecule has 1 fully saturated rings. The first-order chi connectivity index (χ1) is 19.0. The number of benzene rings is 2. The van der Waals surface area contributed by atoms with Gasteiger partial charge in [0.1, 0.15) is 23.4 Å². The van der Waals surface area contributed by atoms with E-state index in [1.165, 1.54) is 0 Å². The zero-order valence-electron chi connectivity index (χ0n) is 22.6. The Hall–Kier alpha value is -3.82. The van der Waals surface area contributed by atoms with Gasteiger partial charge < -0.3 is 21.3 Å². The number of piperidine rings is 1. The lowest BCUT2D eigenvalue weighted by molar-refractivity contribution is -0.127. The smallest absolute Gasteiger partial charge is 0.239 e. The summed E-state index contributed by atoms with van der Waals surface area (Å²) >= 11 is 12.9. The fourth-order valence-corrected chi connectivity index (χ4v) is 5.34. The van der Waals surface area contributed by atoms with Gasteiger partial charge in [-0.1, -0.05) is 60.5 Å². The van der Waals surface area contributed by atoms with Crippen molar-refractivity contribution in [1.29, 1.82) is 0 Å². The van der Waals surface area contributed by atoms with E-state index < -0.39 is 17.4 Å². The molecule has 1 saturated heterocycles. The van der Waals surface area contributed by atoms with Crippen molar-refractivity contribution in [2.75, 3.05) is 29.9 Å². The number of hydrogen-bond acceptors (Lipinski definition) is 6. The van der Waals surface area contributed by atoms with Crippen LogP contribution in [0.3, 0.4) is 0 Å². The van der Waals surface area contributed by atoms with Crippen LogP contribution in [0.4, 0.5) is 11.6 Å². The topological polar surface area (TPSA) is 123 Å². The summed E-state index contributed by atoms with van der Waals surface area (Å²) in [5.41, 5.74) is 14.4. The van der Waals surface area contributed by atoms with Gasteiger partial charge in [0.25, 0.3) is 0 Å². The Morgan fingerprint density at radius 1 is 1.05 bits per heavy atom. The number of rotatable bonds is 7. The molecule has 2 aromatic carbocycles. The lowest BCUT2D eigenvalue weighted by atomic mass is 9.80. The number of amides is 2. The van der Waals surface area contributed by atoms with Gasteiger partial charge in [0.05, 0.1) is 10.6 Å². The average Bonchev–Trinajstić information content (AvgIpc) is 3.32. The first-order valence-electron chi connectivity index (χ1n) is 13.0. The summed E-state index contributed by atoms with van der Waals surface area (Å²) in [6, 6.07) is 16.3. The van der Waals surface area contributed by atoms with Crippen LogP contribution in [0.1, 0.15) is 26.7 Å². The van der Waals surface area contributed by atoms with Crippen molar-refractivity contribution in [3.05, 3.63) is 64.6 Å². The summed E-state index contributed by atoms with van der Waals surface area (Å²) in [4.78, 5) is 33.2. The van der Waals surface area contributed by atoms with Crippen molar-refractivity contribution in [3.8, 4) is 22.4 Å². The summed E-state index contributed by atoms with van der Waals surface area (Å²) in [6.45, 7) is 4.82. The van der Waals surface area contributed by atoms with E-state index in [2.05, 4.69) is 4.90 Å². The van der Waals surface area contributed by atoms with Crippen LogP contribution in [0, 0.1) is 5.41 Å². The maximum absolute atomic E-state index is 12.1. The number of carbonyl (C=O) groups is 2. The van der Waals surface area contributed by atoms with Gasteiger partial charge >= 0.3 is 0 Å². The molecule has 1 unspecified atom stereocenters. The number of primary amides is 2. The van der Waals surface area contributed by atoms with Crippen molar-refractivity contribution < 1.29 is 9.59 Å². The van der Waals surface area contributed by atoms with Crippen molar-refractivity contribution in [2.45, 2.75) is 32.7 Å². The van der Waals surface area contributed by atoms with Gasteiger partial charge in [-0.3, -0.25) is 9.59 Å². The van der Waals surface area contributed by atoms with E-state index in [1.807, 2.05) is 66.0 Å². The lowest BCUT2D eigenvalue weighted by Gasteiger charge is -2.38. The minimum atomic E-state index is -0.604. The number of carbonyl (C=O) groups excluding carboxylic acids is 2. The molecule has 4 aromatic rings. The summed E-state index contributed by atoms with van der Waals surface area (Å²) < 4.78 is 1.81. The fraction of sp³-hybridized carbons (Fsp3) is 0.310. The SMILES string of the molecule is CC(C(N)=O)N(C)c1cc(N2CCC(C)(C(N)=O)CC2)n2nc(-c3ccccc3Cl)c(-c3ccc(Cl)cc3)c2n1. The second-order valence-corrected chi connectivity index (χ2v) is 11.4. The van der Waals surface area contributed by atoms with Crippen molar-refractivity contribution >= 4 is 52.3 Å². The quantitative estimate of drug-likeness (QED) is 0.325. The molecule has 2 amide bonds. The van der Waals surface area contributed by atoms with E-state index in [1.54, 1.807) is 18.9 Å². The van der Waals surface area contributed by atoms with Crippen LogP contribution in [0.5, 0.6) is 0 Å². The highest BCUT2D eigenvalue weighted by Gasteiger charge is 2.36. The highest BCUT2D eigenvalue weighted by Crippen LogP contribution is 2.41. The molecule has 40 heavy (non-hydrogen) atoms. The largest absolute Gasteiger partial charge is 0.369 e. The van der Waals surface area contributed by atoms with E-state index in [0.29, 0.717) is 53.1 Å². The van der Waals surface area contributed by atoms with Crippen molar-refractivity contribution in [3.63, 3.8) is 0 Å². The van der Waals surface area contributed by atoms with Crippen molar-refractivity contribution in [1.82, 2.24) is 14.6 Å². The fourth-order valence-electron chi connectivity index (χ4n) is 4.98. The van der Waals surface area contributed by atoms with Crippen LogP contribution >= 0.6 is 23.2 Å². The molecule has 4 N–H and O–H groups in total. The predicted octanol–water partition coefficient (Wildman–Crippen LogP) is 4.77. The van der Waals surface area contributed by atoms with Gasteiger partial charge in [-0.2, -0.15) is 9.61 Å². The van der Waals surface area contributed by atoms with Crippen LogP contribution in [-0.4, -0.2) is 52.6 Å². The molecule has 11 heteroatoms. The molecule has 0 radical (unpaired) electrons.